The highest BCUT2D eigenvalue weighted by Gasteiger charge is 2.28. The lowest BCUT2D eigenvalue weighted by Crippen LogP contribution is -2.47. The molecule has 3 rings (SSSR count). The first-order chi connectivity index (χ1) is 19.7. The molecule has 41 heavy (non-hydrogen) atoms. The first-order valence-electron chi connectivity index (χ1n) is 13.2. The summed E-state index contributed by atoms with van der Waals surface area (Å²) in [4.78, 5) is 68.0. The molecule has 2 aromatic rings. The number of aryl methyl sites for hydroxylation is 1. The largest absolute Gasteiger partial charge is 0.456 e. The van der Waals surface area contributed by atoms with E-state index < -0.39 is 35.8 Å². The average Bonchev–Trinajstić information content (AvgIpc) is 2.94. The summed E-state index contributed by atoms with van der Waals surface area (Å²) >= 11 is 1.18. The van der Waals surface area contributed by atoms with Gasteiger partial charge in [0.25, 0.3) is 11.8 Å². The van der Waals surface area contributed by atoms with Crippen molar-refractivity contribution in [3.05, 3.63) is 88.9 Å². The molecule has 1 aliphatic rings. The summed E-state index contributed by atoms with van der Waals surface area (Å²) in [7, 11) is 0. The highest BCUT2D eigenvalue weighted by molar-refractivity contribution is 8.13. The predicted octanol–water partition coefficient (Wildman–Crippen LogP) is 2.91. The lowest BCUT2D eigenvalue weighted by Gasteiger charge is -2.22. The summed E-state index contributed by atoms with van der Waals surface area (Å²) in [5.74, 6) is -1.87. The van der Waals surface area contributed by atoms with E-state index in [4.69, 9.17) is 4.74 Å². The average molecular weight is 579 g/mol. The first-order valence-corrected chi connectivity index (χ1v) is 14.2. The number of rotatable bonds is 6. The van der Waals surface area contributed by atoms with Crippen molar-refractivity contribution in [3.8, 4) is 0 Å². The Kier molecular flexibility index (Phi) is 11.8. The van der Waals surface area contributed by atoms with E-state index in [-0.39, 0.29) is 35.9 Å². The van der Waals surface area contributed by atoms with Gasteiger partial charge in [-0.25, -0.2) is 9.78 Å². The van der Waals surface area contributed by atoms with E-state index >= 15 is 0 Å². The van der Waals surface area contributed by atoms with Gasteiger partial charge >= 0.3 is 5.97 Å². The summed E-state index contributed by atoms with van der Waals surface area (Å²) in [6.45, 7) is 4.94. The molecule has 2 bridgehead atoms. The Bertz CT molecular complexity index is 1340. The van der Waals surface area contributed by atoms with Crippen LogP contribution in [0.2, 0.25) is 0 Å². The fraction of sp³-hybridized carbons (Fsp3) is 0.333. The molecule has 3 N–H and O–H groups in total. The normalized spacial score (nSPS) is 19.8. The summed E-state index contributed by atoms with van der Waals surface area (Å²) in [6, 6.07) is 11.2. The van der Waals surface area contributed by atoms with Crippen molar-refractivity contribution in [3.63, 3.8) is 0 Å². The quantitative estimate of drug-likeness (QED) is 0.206. The summed E-state index contributed by atoms with van der Waals surface area (Å²) < 4.78 is 5.74. The lowest BCUT2D eigenvalue weighted by atomic mass is 10.1. The number of pyridine rings is 1. The van der Waals surface area contributed by atoms with Gasteiger partial charge in [0, 0.05) is 19.1 Å². The van der Waals surface area contributed by atoms with Crippen LogP contribution in [0.4, 0.5) is 0 Å². The number of benzene rings is 1. The number of carbonyl (C=O) groups is 5. The van der Waals surface area contributed by atoms with E-state index in [1.54, 1.807) is 32.1 Å². The highest BCUT2D eigenvalue weighted by Crippen LogP contribution is 2.13. The molecule has 1 aromatic carbocycles. The minimum Gasteiger partial charge on any atom is -0.456 e. The zero-order chi connectivity index (χ0) is 29.8. The van der Waals surface area contributed by atoms with Crippen LogP contribution in [0.3, 0.4) is 0 Å². The smallest absolute Gasteiger partial charge is 0.329 e. The van der Waals surface area contributed by atoms with Crippen LogP contribution in [-0.4, -0.2) is 51.7 Å². The second kappa shape index (κ2) is 15.5. The topological polar surface area (TPSA) is 144 Å². The Morgan fingerprint density at radius 1 is 1.10 bits per heavy atom. The molecule has 2 heterocycles. The zero-order valence-corrected chi connectivity index (χ0v) is 24.1. The van der Waals surface area contributed by atoms with Crippen molar-refractivity contribution >= 4 is 40.6 Å². The number of aromatic nitrogens is 1. The molecule has 0 aliphatic carbocycles. The van der Waals surface area contributed by atoms with E-state index in [2.05, 4.69) is 20.9 Å². The van der Waals surface area contributed by atoms with E-state index in [1.807, 2.05) is 30.3 Å². The molecule has 1 aromatic heterocycles. The number of fused-ring (bicyclic) bond motifs is 2. The van der Waals surface area contributed by atoms with Crippen molar-refractivity contribution < 1.29 is 28.7 Å². The molecule has 0 radical (unpaired) electrons. The van der Waals surface area contributed by atoms with Gasteiger partial charge in [-0.2, -0.15) is 0 Å². The third-order valence-corrected chi connectivity index (χ3v) is 6.98. The standard InChI is InChI=1S/C30H34N4O6S/c1-4-23-28(37)34-25(16-21-10-6-5-7-11-21)30(39)40-22(12-8-9-15-41-20(3)35)17-27(36)31-18-26-19(2)13-14-24(32-26)29(38)33-23/h4-8,10-14,22,25H,9,15-18H2,1-3H3,(H,31,36)(H,33,38)(H,34,37)/b12-8+,23-4-/t22-,25+/m1/s1. The van der Waals surface area contributed by atoms with Crippen molar-refractivity contribution in [1.82, 2.24) is 20.9 Å². The van der Waals surface area contributed by atoms with E-state index in [1.165, 1.54) is 30.8 Å². The van der Waals surface area contributed by atoms with Gasteiger partial charge in [-0.05, 0) is 43.5 Å². The number of carbonyl (C=O) groups excluding carboxylic acids is 5. The van der Waals surface area contributed by atoms with Crippen molar-refractivity contribution in [2.75, 3.05) is 5.75 Å². The van der Waals surface area contributed by atoms with Crippen LogP contribution in [0.1, 0.15) is 54.0 Å². The van der Waals surface area contributed by atoms with Crippen LogP contribution in [-0.2, 0) is 36.9 Å². The van der Waals surface area contributed by atoms with Crippen LogP contribution in [0.25, 0.3) is 0 Å². The number of hydrogen-bond donors (Lipinski definition) is 3. The van der Waals surface area contributed by atoms with Gasteiger partial charge in [0.1, 0.15) is 23.5 Å². The van der Waals surface area contributed by atoms with Crippen LogP contribution in [0, 0.1) is 6.92 Å². The third kappa shape index (κ3) is 10.0. The van der Waals surface area contributed by atoms with Crippen molar-refractivity contribution in [1.29, 1.82) is 0 Å². The maximum atomic E-state index is 13.4. The SMILES string of the molecule is C/C=C1\NC(=O)c2ccc(C)c(n2)CNC(=O)C[C@@H](/C=C/CCSC(C)=O)OC(=O)[C@H](Cc2ccccc2)NC1=O. The molecule has 1 aliphatic heterocycles. The van der Waals surface area contributed by atoms with Gasteiger partial charge in [-0.3, -0.25) is 19.2 Å². The molecule has 11 heteroatoms. The Balaban J connectivity index is 1.94. The maximum absolute atomic E-state index is 13.4. The number of cyclic esters (lactones) is 1. The lowest BCUT2D eigenvalue weighted by molar-refractivity contribution is -0.151. The number of nitrogens with zero attached hydrogens (tertiary/aromatic N) is 1. The third-order valence-electron chi connectivity index (χ3n) is 6.14. The Morgan fingerprint density at radius 2 is 1.85 bits per heavy atom. The van der Waals surface area contributed by atoms with E-state index in [0.717, 1.165) is 11.1 Å². The summed E-state index contributed by atoms with van der Waals surface area (Å²) in [6.07, 6.45) is 4.36. The van der Waals surface area contributed by atoms with E-state index in [9.17, 15) is 24.0 Å². The second-order valence-corrected chi connectivity index (χ2v) is 10.6. The van der Waals surface area contributed by atoms with E-state index in [0.29, 0.717) is 17.9 Å². The fourth-order valence-electron chi connectivity index (χ4n) is 3.94. The van der Waals surface area contributed by atoms with Crippen molar-refractivity contribution in [2.45, 2.75) is 58.7 Å². The van der Waals surface area contributed by atoms with Crippen molar-refractivity contribution in [2.24, 2.45) is 0 Å². The molecule has 3 amide bonds. The highest BCUT2D eigenvalue weighted by atomic mass is 32.2. The Labute approximate surface area is 243 Å². The molecule has 0 unspecified atom stereocenters. The molecule has 10 nitrogen and oxygen atoms in total. The molecular formula is C30H34N4O6S. The van der Waals surface area contributed by atoms with Crippen LogP contribution >= 0.6 is 11.8 Å². The Hall–Kier alpha value is -4.25. The van der Waals surface area contributed by atoms with Gasteiger partial charge < -0.3 is 20.7 Å². The van der Waals surface area contributed by atoms with Gasteiger partial charge in [0.05, 0.1) is 18.7 Å². The maximum Gasteiger partial charge on any atom is 0.329 e. The van der Waals surface area contributed by atoms with Gasteiger partial charge in [0.2, 0.25) is 5.91 Å². The van der Waals surface area contributed by atoms with Gasteiger partial charge in [-0.1, -0.05) is 60.3 Å². The first kappa shape index (κ1) is 31.3. The zero-order valence-electron chi connectivity index (χ0n) is 23.3. The number of allylic oxidation sites excluding steroid dienone is 2. The monoisotopic (exact) mass is 578 g/mol. The number of thioether (sulfide) groups is 1. The number of ether oxygens (including phenoxy) is 1. The second-order valence-electron chi connectivity index (χ2n) is 9.35. The molecule has 0 fully saturated rings. The number of hydrogen-bond acceptors (Lipinski definition) is 8. The van der Waals surface area contributed by atoms with Crippen LogP contribution in [0.5, 0.6) is 0 Å². The summed E-state index contributed by atoms with van der Waals surface area (Å²) in [5.41, 5.74) is 2.05. The minimum atomic E-state index is -1.11. The van der Waals surface area contributed by atoms with Crippen LogP contribution < -0.4 is 16.0 Å². The number of esters is 1. The molecule has 2 atom stereocenters. The van der Waals surface area contributed by atoms with Crippen LogP contribution in [0.15, 0.2) is 66.4 Å². The number of amides is 3. The van der Waals surface area contributed by atoms with Gasteiger partial charge in [-0.15, -0.1) is 0 Å². The molecule has 216 valence electrons. The molecular weight excluding hydrogens is 544 g/mol. The molecule has 0 saturated heterocycles. The Morgan fingerprint density at radius 3 is 2.56 bits per heavy atom. The number of nitrogens with one attached hydrogen (secondary N) is 3. The molecule has 0 spiro atoms. The minimum absolute atomic E-state index is 0.00179. The fourth-order valence-corrected chi connectivity index (χ4v) is 4.48. The molecule has 0 saturated carbocycles. The summed E-state index contributed by atoms with van der Waals surface area (Å²) in [5, 5.41) is 8.01. The predicted molar refractivity (Wildman–Crippen MR) is 156 cm³/mol. The van der Waals surface area contributed by atoms with Gasteiger partial charge in [0.15, 0.2) is 5.12 Å².